The Morgan fingerprint density at radius 1 is 1.07 bits per heavy atom. The van der Waals surface area contributed by atoms with Crippen molar-refractivity contribution >= 4 is 17.2 Å². The fraction of sp³-hybridized carbons (Fsp3) is 0.750. The van der Waals surface area contributed by atoms with Crippen LogP contribution < -0.4 is 5.32 Å². The Labute approximate surface area is 235 Å². The lowest BCUT2D eigenvalue weighted by atomic mass is 9.86. The zero-order valence-electron chi connectivity index (χ0n) is 23.2. The first kappa shape index (κ1) is 29.4. The molecule has 2 aromatic rings. The molecule has 4 atom stereocenters. The monoisotopic (exact) mass is 587 g/mol. The summed E-state index contributed by atoms with van der Waals surface area (Å²) in [4.78, 5) is 17.7. The van der Waals surface area contributed by atoms with Crippen LogP contribution in [0, 0.1) is 12.8 Å². The highest BCUT2D eigenvalue weighted by Gasteiger charge is 2.46. The van der Waals surface area contributed by atoms with Crippen LogP contribution in [0.4, 0.5) is 22.0 Å². The van der Waals surface area contributed by atoms with Crippen LogP contribution in [-0.4, -0.2) is 50.1 Å². The van der Waals surface area contributed by atoms with Gasteiger partial charge in [-0.25, -0.2) is 8.78 Å². The fourth-order valence-corrected chi connectivity index (χ4v) is 7.83. The minimum Gasteiger partial charge on any atom is -0.348 e. The first-order valence-electron chi connectivity index (χ1n) is 14.3. The van der Waals surface area contributed by atoms with Crippen LogP contribution in [-0.2, 0) is 11.0 Å². The van der Waals surface area contributed by atoms with E-state index in [1.165, 1.54) is 4.57 Å². The van der Waals surface area contributed by atoms with Crippen molar-refractivity contribution in [2.24, 2.45) is 5.92 Å². The van der Waals surface area contributed by atoms with E-state index in [0.717, 1.165) is 22.6 Å². The Hall–Kier alpha value is -2.08. The summed E-state index contributed by atoms with van der Waals surface area (Å²) in [6.07, 6.45) is -0.993. The number of alkyl halides is 5. The quantitative estimate of drug-likeness (QED) is 0.337. The molecule has 3 aliphatic rings. The molecule has 40 heavy (non-hydrogen) atoms. The second-order valence-corrected chi connectivity index (χ2v) is 13.4. The number of carbonyl (C=O) groups is 1. The molecule has 2 aliphatic heterocycles. The van der Waals surface area contributed by atoms with Gasteiger partial charge in [0, 0.05) is 59.1 Å². The molecule has 4 heterocycles. The van der Waals surface area contributed by atoms with E-state index in [1.54, 1.807) is 11.3 Å². The first-order valence-corrected chi connectivity index (χ1v) is 15.2. The van der Waals surface area contributed by atoms with Crippen LogP contribution >= 0.6 is 11.3 Å². The van der Waals surface area contributed by atoms with E-state index in [2.05, 4.69) is 20.4 Å². The van der Waals surface area contributed by atoms with Crippen LogP contribution in [0.25, 0.3) is 0 Å². The summed E-state index contributed by atoms with van der Waals surface area (Å²) in [5.41, 5.74) is 0. The van der Waals surface area contributed by atoms with Crippen molar-refractivity contribution in [3.8, 4) is 0 Å². The summed E-state index contributed by atoms with van der Waals surface area (Å²) in [6, 6.07) is 3.78. The second-order valence-electron chi connectivity index (χ2n) is 12.1. The first-order chi connectivity index (χ1) is 18.8. The number of nitrogens with one attached hydrogen (secondary N) is 1. The Bertz CT molecular complexity index is 1170. The number of amides is 1. The molecule has 0 spiro atoms. The van der Waals surface area contributed by atoms with Crippen molar-refractivity contribution in [1.82, 2.24) is 25.0 Å². The van der Waals surface area contributed by atoms with Crippen molar-refractivity contribution in [1.29, 1.82) is 0 Å². The predicted octanol–water partition coefficient (Wildman–Crippen LogP) is 7.03. The standard InChI is InChI=1S/C28H38F5N5OS/c1-16(2)24-35-36-26(28(31,32)33)38(24)21-14-19-5-6-20(15-21)37(19)13-10-22(23-7-4-17(3)40-23)34-25(39)18-8-11-27(29,30)12-9-18/h4,7,16,18-22H,5-6,8-15H2,1-3H3,(H,34,39)/t19-,20+,21?,22-/m0/s1. The van der Waals surface area contributed by atoms with E-state index in [4.69, 9.17) is 0 Å². The van der Waals surface area contributed by atoms with Gasteiger partial charge in [-0.3, -0.25) is 9.69 Å². The highest BCUT2D eigenvalue weighted by Crippen LogP contribution is 2.44. The Balaban J connectivity index is 1.27. The van der Waals surface area contributed by atoms with Gasteiger partial charge in [-0.1, -0.05) is 13.8 Å². The largest absolute Gasteiger partial charge is 0.451 e. The van der Waals surface area contributed by atoms with Gasteiger partial charge in [0.05, 0.1) is 6.04 Å². The van der Waals surface area contributed by atoms with E-state index in [9.17, 15) is 26.7 Å². The molecule has 2 bridgehead atoms. The summed E-state index contributed by atoms with van der Waals surface area (Å²) in [6.45, 7) is 6.39. The van der Waals surface area contributed by atoms with Crippen molar-refractivity contribution < 1.29 is 26.7 Å². The molecule has 6 nitrogen and oxygen atoms in total. The van der Waals surface area contributed by atoms with Gasteiger partial charge >= 0.3 is 6.18 Å². The van der Waals surface area contributed by atoms with Gasteiger partial charge in [0.15, 0.2) is 0 Å². The lowest BCUT2D eigenvalue weighted by Gasteiger charge is -2.41. The molecule has 1 saturated carbocycles. The van der Waals surface area contributed by atoms with Crippen LogP contribution in [0.15, 0.2) is 12.1 Å². The molecule has 0 radical (unpaired) electrons. The maximum absolute atomic E-state index is 13.8. The summed E-state index contributed by atoms with van der Waals surface area (Å²) in [5, 5.41) is 10.6. The molecule has 0 aromatic carbocycles. The number of hydrogen-bond donors (Lipinski definition) is 1. The average Bonchev–Trinajstić information content (AvgIpc) is 3.57. The molecule has 1 amide bonds. The third-order valence-electron chi connectivity index (χ3n) is 8.90. The van der Waals surface area contributed by atoms with E-state index in [-0.39, 0.29) is 61.7 Å². The minimum atomic E-state index is -4.56. The molecular formula is C28H38F5N5OS. The molecule has 2 aromatic heterocycles. The van der Waals surface area contributed by atoms with Crippen LogP contribution in [0.5, 0.6) is 0 Å². The van der Waals surface area contributed by atoms with E-state index < -0.39 is 23.8 Å². The molecule has 12 heteroatoms. The number of rotatable bonds is 8. The zero-order chi connectivity index (χ0) is 28.8. The third kappa shape index (κ3) is 6.22. The molecule has 222 valence electrons. The highest BCUT2D eigenvalue weighted by molar-refractivity contribution is 7.12. The maximum atomic E-state index is 13.8. The lowest BCUT2D eigenvalue weighted by molar-refractivity contribution is -0.149. The zero-order valence-corrected chi connectivity index (χ0v) is 24.0. The Kier molecular flexibility index (Phi) is 8.31. The van der Waals surface area contributed by atoms with Crippen molar-refractivity contribution in [3.05, 3.63) is 33.5 Å². The van der Waals surface area contributed by atoms with Gasteiger partial charge < -0.3 is 9.88 Å². The van der Waals surface area contributed by atoms with E-state index in [0.29, 0.717) is 31.6 Å². The van der Waals surface area contributed by atoms with Crippen LogP contribution in [0.2, 0.25) is 0 Å². The molecule has 1 unspecified atom stereocenters. The number of piperidine rings is 1. The number of halogens is 5. The van der Waals surface area contributed by atoms with Gasteiger partial charge in [-0.2, -0.15) is 13.2 Å². The highest BCUT2D eigenvalue weighted by atomic mass is 32.1. The normalized spacial score (nSPS) is 26.4. The smallest absolute Gasteiger partial charge is 0.348 e. The molecule has 1 N–H and O–H groups in total. The number of carbonyl (C=O) groups excluding carboxylic acids is 1. The van der Waals surface area contributed by atoms with Gasteiger partial charge in [0.25, 0.3) is 0 Å². The summed E-state index contributed by atoms with van der Waals surface area (Å²) in [7, 11) is 0. The van der Waals surface area contributed by atoms with E-state index in [1.807, 2.05) is 32.9 Å². The summed E-state index contributed by atoms with van der Waals surface area (Å²) in [5.74, 6) is -3.96. The molecule has 3 fully saturated rings. The molecule has 5 rings (SSSR count). The molecule has 2 saturated heterocycles. The fourth-order valence-electron chi connectivity index (χ4n) is 6.87. The van der Waals surface area contributed by atoms with Gasteiger partial charge in [0.1, 0.15) is 5.82 Å². The predicted molar refractivity (Wildman–Crippen MR) is 142 cm³/mol. The number of aromatic nitrogens is 3. The minimum absolute atomic E-state index is 0.147. The van der Waals surface area contributed by atoms with Gasteiger partial charge in [-0.05, 0) is 64.0 Å². The van der Waals surface area contributed by atoms with Crippen molar-refractivity contribution in [3.63, 3.8) is 0 Å². The number of thiophene rings is 1. The van der Waals surface area contributed by atoms with Crippen LogP contribution in [0.1, 0.15) is 111 Å². The van der Waals surface area contributed by atoms with Gasteiger partial charge in [-0.15, -0.1) is 21.5 Å². The van der Waals surface area contributed by atoms with E-state index >= 15 is 0 Å². The lowest BCUT2D eigenvalue weighted by Crippen LogP contribution is -2.45. The number of hydrogen-bond acceptors (Lipinski definition) is 5. The third-order valence-corrected chi connectivity index (χ3v) is 10.0. The number of fused-ring (bicyclic) bond motifs is 2. The number of nitrogens with zero attached hydrogens (tertiary/aromatic N) is 4. The summed E-state index contributed by atoms with van der Waals surface area (Å²) < 4.78 is 70.1. The topological polar surface area (TPSA) is 63.1 Å². The average molecular weight is 588 g/mol. The Morgan fingerprint density at radius 2 is 1.73 bits per heavy atom. The van der Waals surface area contributed by atoms with Crippen molar-refractivity contribution in [2.75, 3.05) is 6.54 Å². The summed E-state index contributed by atoms with van der Waals surface area (Å²) >= 11 is 1.62. The SMILES string of the molecule is Cc1ccc([C@H](CCN2[C@@H]3CC[C@H]2CC(n2c(C(C)C)nnc2C(F)(F)F)C3)NC(=O)C2CCC(F)(F)CC2)s1. The van der Waals surface area contributed by atoms with Gasteiger partial charge in [0.2, 0.25) is 17.7 Å². The maximum Gasteiger partial charge on any atom is 0.451 e. The van der Waals surface area contributed by atoms with Crippen molar-refractivity contribution in [2.45, 2.75) is 121 Å². The Morgan fingerprint density at radius 3 is 2.27 bits per heavy atom. The molecular weight excluding hydrogens is 549 g/mol. The second kappa shape index (κ2) is 11.3. The number of aryl methyl sites for hydroxylation is 1. The van der Waals surface area contributed by atoms with Crippen LogP contribution in [0.3, 0.4) is 0 Å². The molecule has 1 aliphatic carbocycles.